The minimum absolute atomic E-state index is 0.512. The Morgan fingerprint density at radius 1 is 1.00 bits per heavy atom. The van der Waals surface area contributed by atoms with Gasteiger partial charge in [0, 0.05) is 11.3 Å². The molecule has 2 heterocycles. The van der Waals surface area contributed by atoms with Crippen LogP contribution in [0, 0.1) is 0 Å². The van der Waals surface area contributed by atoms with Crippen molar-refractivity contribution in [3.8, 4) is 17.1 Å². The van der Waals surface area contributed by atoms with Crippen LogP contribution in [0.2, 0.25) is 0 Å². The fourth-order valence-electron chi connectivity index (χ4n) is 3.38. The molecule has 0 saturated heterocycles. The quantitative estimate of drug-likeness (QED) is 0.359. The molecule has 1 aromatic heterocycles. The third kappa shape index (κ3) is 7.64. The summed E-state index contributed by atoms with van der Waals surface area (Å²) in [6, 6.07) is 16.2. The van der Waals surface area contributed by atoms with Gasteiger partial charge in [0.15, 0.2) is 0 Å². The van der Waals surface area contributed by atoms with E-state index < -0.39 is 0 Å². The van der Waals surface area contributed by atoms with Gasteiger partial charge in [-0.15, -0.1) is 11.8 Å². The maximum atomic E-state index is 5.51. The molecule has 1 aliphatic heterocycles. The zero-order valence-corrected chi connectivity index (χ0v) is 21.6. The van der Waals surface area contributed by atoms with E-state index in [0.29, 0.717) is 11.3 Å². The van der Waals surface area contributed by atoms with Gasteiger partial charge < -0.3 is 10.1 Å². The van der Waals surface area contributed by atoms with Crippen LogP contribution in [0.5, 0.6) is 5.88 Å². The first-order valence-electron chi connectivity index (χ1n) is 11.9. The molecule has 1 aliphatic rings. The van der Waals surface area contributed by atoms with E-state index in [0.717, 1.165) is 47.1 Å². The number of hydrogen-bond donors (Lipinski definition) is 1. The lowest BCUT2D eigenvalue weighted by Gasteiger charge is -2.09. The van der Waals surface area contributed by atoms with Gasteiger partial charge in [0.25, 0.3) is 0 Å². The SMILES string of the molecule is CC.CC.COc1nc2ccccc2nc1-c1cccc(/C=C/CCCC2=CSC(C)N2)c1. The van der Waals surface area contributed by atoms with Crippen LogP contribution in [0.1, 0.15) is 59.4 Å². The van der Waals surface area contributed by atoms with Crippen LogP contribution in [0.25, 0.3) is 28.4 Å². The van der Waals surface area contributed by atoms with Crippen molar-refractivity contribution in [3.63, 3.8) is 0 Å². The highest BCUT2D eigenvalue weighted by Gasteiger charge is 2.12. The molecule has 0 radical (unpaired) electrons. The number of nitrogens with one attached hydrogen (secondary N) is 1. The van der Waals surface area contributed by atoms with E-state index in [9.17, 15) is 0 Å². The van der Waals surface area contributed by atoms with E-state index in [-0.39, 0.29) is 0 Å². The Morgan fingerprint density at radius 3 is 2.39 bits per heavy atom. The Kier molecular flexibility index (Phi) is 11.5. The second-order valence-electron chi connectivity index (χ2n) is 7.06. The molecule has 33 heavy (non-hydrogen) atoms. The molecular formula is C28H37N3OS. The Bertz CT molecular complexity index is 1060. The van der Waals surface area contributed by atoms with Crippen molar-refractivity contribution >= 4 is 28.9 Å². The fourth-order valence-corrected chi connectivity index (χ4v) is 4.15. The third-order valence-electron chi connectivity index (χ3n) is 4.82. The third-order valence-corrected chi connectivity index (χ3v) is 5.77. The maximum Gasteiger partial charge on any atom is 0.240 e. The van der Waals surface area contributed by atoms with Gasteiger partial charge in [-0.25, -0.2) is 9.97 Å². The van der Waals surface area contributed by atoms with E-state index in [1.165, 1.54) is 5.70 Å². The Balaban J connectivity index is 0.000000914. The lowest BCUT2D eigenvalue weighted by Crippen LogP contribution is -2.15. The number of thioether (sulfide) groups is 1. The largest absolute Gasteiger partial charge is 0.479 e. The van der Waals surface area contributed by atoms with Crippen molar-refractivity contribution in [1.29, 1.82) is 0 Å². The number of para-hydroxylation sites is 2. The van der Waals surface area contributed by atoms with Crippen molar-refractivity contribution < 1.29 is 4.74 Å². The number of methoxy groups -OCH3 is 1. The van der Waals surface area contributed by atoms with Gasteiger partial charge in [0.2, 0.25) is 5.88 Å². The highest BCUT2D eigenvalue weighted by molar-refractivity contribution is 8.02. The van der Waals surface area contributed by atoms with Gasteiger partial charge >= 0.3 is 0 Å². The number of hydrogen-bond acceptors (Lipinski definition) is 5. The van der Waals surface area contributed by atoms with Crippen LogP contribution in [0.15, 0.2) is 65.7 Å². The van der Waals surface area contributed by atoms with Gasteiger partial charge in [0.1, 0.15) is 5.69 Å². The summed E-state index contributed by atoms with van der Waals surface area (Å²) >= 11 is 1.86. The van der Waals surface area contributed by atoms with Crippen molar-refractivity contribution in [2.75, 3.05) is 7.11 Å². The molecule has 1 unspecified atom stereocenters. The molecule has 0 fully saturated rings. The summed E-state index contributed by atoms with van der Waals surface area (Å²) in [5.41, 5.74) is 6.00. The van der Waals surface area contributed by atoms with Crippen LogP contribution < -0.4 is 10.1 Å². The molecular weight excluding hydrogens is 426 g/mol. The van der Waals surface area contributed by atoms with Crippen molar-refractivity contribution in [2.24, 2.45) is 0 Å². The topological polar surface area (TPSA) is 47.0 Å². The van der Waals surface area contributed by atoms with Crippen LogP contribution in [0.4, 0.5) is 0 Å². The highest BCUT2D eigenvalue weighted by Crippen LogP contribution is 2.29. The fraction of sp³-hybridized carbons (Fsp3) is 0.357. The maximum absolute atomic E-state index is 5.51. The van der Waals surface area contributed by atoms with Crippen LogP contribution in [-0.4, -0.2) is 22.5 Å². The van der Waals surface area contributed by atoms with E-state index in [1.54, 1.807) is 7.11 Å². The van der Waals surface area contributed by atoms with Crippen LogP contribution in [-0.2, 0) is 0 Å². The average Bonchev–Trinajstić information content (AvgIpc) is 3.30. The number of fused-ring (bicyclic) bond motifs is 1. The predicted molar refractivity (Wildman–Crippen MR) is 145 cm³/mol. The summed E-state index contributed by atoms with van der Waals surface area (Å²) in [4.78, 5) is 9.40. The molecule has 3 aromatic rings. The molecule has 0 saturated carbocycles. The molecule has 0 spiro atoms. The second kappa shape index (κ2) is 14.4. The summed E-state index contributed by atoms with van der Waals surface area (Å²) in [5, 5.41) is 6.25. The first-order chi connectivity index (χ1) is 16.2. The first kappa shape index (κ1) is 26.5. The van der Waals surface area contributed by atoms with Crippen LogP contribution >= 0.6 is 11.8 Å². The number of ether oxygens (including phenoxy) is 1. The molecule has 0 amide bonds. The Hall–Kier alpha value is -2.79. The van der Waals surface area contributed by atoms with Crippen LogP contribution in [0.3, 0.4) is 0 Å². The zero-order valence-electron chi connectivity index (χ0n) is 20.8. The van der Waals surface area contributed by atoms with E-state index in [2.05, 4.69) is 59.1 Å². The number of allylic oxidation sites excluding steroid dienone is 2. The number of aromatic nitrogens is 2. The van der Waals surface area contributed by atoms with Crippen molar-refractivity contribution in [2.45, 2.75) is 59.3 Å². The van der Waals surface area contributed by atoms with Gasteiger partial charge in [-0.2, -0.15) is 0 Å². The molecule has 4 nitrogen and oxygen atoms in total. The number of benzene rings is 2. The lowest BCUT2D eigenvalue weighted by molar-refractivity contribution is 0.400. The lowest BCUT2D eigenvalue weighted by atomic mass is 10.1. The molecule has 176 valence electrons. The van der Waals surface area contributed by atoms with Crippen molar-refractivity contribution in [1.82, 2.24) is 15.3 Å². The summed E-state index contributed by atoms with van der Waals surface area (Å²) in [7, 11) is 1.64. The first-order valence-corrected chi connectivity index (χ1v) is 12.9. The standard InChI is InChI=1S/C24H25N3OS.2C2H6/c1-17-25-20(16-29-17)12-5-3-4-9-18-10-8-11-19(15-18)23-24(28-2)27-22-14-7-6-13-21(22)26-23;2*1-2/h4,6-11,13-17,25H,3,5,12H2,1-2H3;2*1-2H3/b9-4+;;. The Labute approximate surface area is 203 Å². The minimum atomic E-state index is 0.512. The molecule has 5 heteroatoms. The summed E-state index contributed by atoms with van der Waals surface area (Å²) in [6.07, 6.45) is 7.73. The molecule has 2 aromatic carbocycles. The number of nitrogens with zero attached hydrogens (tertiary/aromatic N) is 2. The van der Waals surface area contributed by atoms with Gasteiger partial charge in [-0.3, -0.25) is 0 Å². The average molecular weight is 464 g/mol. The van der Waals surface area contributed by atoms with Gasteiger partial charge in [-0.1, -0.05) is 70.2 Å². The molecule has 0 bridgehead atoms. The summed E-state index contributed by atoms with van der Waals surface area (Å²) < 4.78 is 5.51. The monoisotopic (exact) mass is 463 g/mol. The predicted octanol–water partition coefficient (Wildman–Crippen LogP) is 8.07. The normalized spacial score (nSPS) is 14.6. The number of unbranched alkanes of at least 4 members (excludes halogenated alkanes) is 1. The summed E-state index contributed by atoms with van der Waals surface area (Å²) in [5.74, 6) is 0.550. The number of rotatable bonds is 7. The highest BCUT2D eigenvalue weighted by atomic mass is 32.2. The molecule has 1 atom stereocenters. The molecule has 4 rings (SSSR count). The Morgan fingerprint density at radius 2 is 1.73 bits per heavy atom. The minimum Gasteiger partial charge on any atom is -0.479 e. The van der Waals surface area contributed by atoms with E-state index >= 15 is 0 Å². The van der Waals surface area contributed by atoms with E-state index in [1.807, 2.05) is 63.7 Å². The van der Waals surface area contributed by atoms with Gasteiger partial charge in [0.05, 0.1) is 23.5 Å². The molecule has 0 aliphatic carbocycles. The van der Waals surface area contributed by atoms with E-state index in [4.69, 9.17) is 9.72 Å². The molecule has 1 N–H and O–H groups in total. The zero-order chi connectivity index (χ0) is 24.1. The van der Waals surface area contributed by atoms with Crippen molar-refractivity contribution in [3.05, 3.63) is 71.3 Å². The smallest absolute Gasteiger partial charge is 0.240 e. The van der Waals surface area contributed by atoms with Gasteiger partial charge in [-0.05, 0) is 55.4 Å². The second-order valence-corrected chi connectivity index (χ2v) is 8.27. The summed E-state index contributed by atoms with van der Waals surface area (Å²) in [6.45, 7) is 10.2.